The van der Waals surface area contributed by atoms with Gasteiger partial charge in [-0.3, -0.25) is 0 Å². The van der Waals surface area contributed by atoms with Crippen molar-refractivity contribution in [2.24, 2.45) is 0 Å². The maximum absolute atomic E-state index is 13.9. The molecule has 0 spiro atoms. The van der Waals surface area contributed by atoms with Crippen molar-refractivity contribution in [3.8, 4) is 17.4 Å². The summed E-state index contributed by atoms with van der Waals surface area (Å²) in [7, 11) is 0. The summed E-state index contributed by atoms with van der Waals surface area (Å²) in [5.41, 5.74) is 0. The molecule has 0 unspecified atom stereocenters. The number of aromatic nitrogens is 1. The summed E-state index contributed by atoms with van der Waals surface area (Å²) in [6.45, 7) is 5.14. The lowest BCUT2D eigenvalue weighted by Crippen LogP contribution is -2.47. The molecule has 0 amide bonds. The smallest absolute Gasteiger partial charge is 0.260 e. The molecule has 2 fully saturated rings. The van der Waals surface area contributed by atoms with Crippen molar-refractivity contribution in [1.82, 2.24) is 15.6 Å². The Kier molecular flexibility index (Phi) is 4.94. The summed E-state index contributed by atoms with van der Waals surface area (Å²) in [4.78, 5) is 3.86. The molecule has 0 radical (unpaired) electrons. The van der Waals surface area contributed by atoms with Crippen LogP contribution in [0, 0.1) is 5.95 Å². The van der Waals surface area contributed by atoms with Crippen molar-refractivity contribution in [3.05, 3.63) is 12.0 Å². The Morgan fingerprint density at radius 1 is 1.09 bits per heavy atom. The molecule has 0 saturated carbocycles. The fraction of sp³-hybridized carbons (Fsp3) is 0.667. The van der Waals surface area contributed by atoms with Gasteiger partial charge in [-0.25, -0.2) is 0 Å². The summed E-state index contributed by atoms with van der Waals surface area (Å²) in [6, 6.07) is 2.16. The zero-order valence-corrected chi connectivity index (χ0v) is 12.7. The molecule has 1 aromatic rings. The highest BCUT2D eigenvalue weighted by Gasteiger charge is 2.22. The summed E-state index contributed by atoms with van der Waals surface area (Å²) in [5, 5.41) is 6.48. The predicted molar refractivity (Wildman–Crippen MR) is 79.2 cm³/mol. The molecular weight excluding hydrogens is 289 g/mol. The molecule has 2 aliphatic heterocycles. The molecule has 122 valence electrons. The van der Waals surface area contributed by atoms with Crippen molar-refractivity contribution in [1.29, 1.82) is 0 Å². The topological polar surface area (TPSA) is 64.6 Å². The van der Waals surface area contributed by atoms with Gasteiger partial charge in [-0.15, -0.1) is 0 Å². The number of rotatable bonds is 8. The summed E-state index contributed by atoms with van der Waals surface area (Å²) in [6.07, 6.45) is 2.14. The van der Waals surface area contributed by atoms with Crippen LogP contribution in [0.1, 0.15) is 19.8 Å². The van der Waals surface area contributed by atoms with Gasteiger partial charge < -0.3 is 24.8 Å². The minimum atomic E-state index is -0.674. The zero-order chi connectivity index (χ0) is 15.4. The Morgan fingerprint density at radius 2 is 1.73 bits per heavy atom. The third-order valence-corrected chi connectivity index (χ3v) is 3.89. The Bertz CT molecular complexity index is 507. The second-order valence-corrected chi connectivity index (χ2v) is 5.52. The van der Waals surface area contributed by atoms with Crippen LogP contribution in [0.3, 0.4) is 0 Å². The van der Waals surface area contributed by atoms with Gasteiger partial charge in [0.05, 0.1) is 6.61 Å². The van der Waals surface area contributed by atoms with Crippen molar-refractivity contribution in [2.75, 3.05) is 32.9 Å². The second-order valence-electron chi connectivity index (χ2n) is 5.52. The molecule has 22 heavy (non-hydrogen) atoms. The maximum atomic E-state index is 13.9. The quantitative estimate of drug-likeness (QED) is 0.701. The van der Waals surface area contributed by atoms with Gasteiger partial charge in [-0.2, -0.15) is 9.37 Å². The highest BCUT2D eigenvalue weighted by Crippen LogP contribution is 2.32. The number of nitrogens with one attached hydrogen (secondary N) is 2. The van der Waals surface area contributed by atoms with E-state index in [1.807, 2.05) is 0 Å². The highest BCUT2D eigenvalue weighted by atomic mass is 19.1. The molecule has 0 aliphatic carbocycles. The molecule has 3 heterocycles. The van der Waals surface area contributed by atoms with Crippen LogP contribution in [0.15, 0.2) is 6.07 Å². The van der Waals surface area contributed by atoms with E-state index in [4.69, 9.17) is 14.2 Å². The van der Waals surface area contributed by atoms with Crippen LogP contribution >= 0.6 is 0 Å². The van der Waals surface area contributed by atoms with Gasteiger partial charge in [-0.1, -0.05) is 0 Å². The molecule has 2 saturated heterocycles. The van der Waals surface area contributed by atoms with Crippen molar-refractivity contribution < 1.29 is 18.6 Å². The van der Waals surface area contributed by atoms with Gasteiger partial charge in [0.2, 0.25) is 0 Å². The van der Waals surface area contributed by atoms with Crippen molar-refractivity contribution in [2.45, 2.75) is 31.8 Å². The van der Waals surface area contributed by atoms with Crippen LogP contribution in [0.4, 0.5) is 4.39 Å². The average molecular weight is 311 g/mol. The molecule has 7 heteroatoms. The van der Waals surface area contributed by atoms with Gasteiger partial charge in [0.15, 0.2) is 11.5 Å². The Balaban J connectivity index is 1.69. The number of hydrogen-bond acceptors (Lipinski definition) is 6. The Morgan fingerprint density at radius 3 is 2.27 bits per heavy atom. The molecule has 0 aromatic carbocycles. The van der Waals surface area contributed by atoms with Gasteiger partial charge in [0.1, 0.15) is 13.2 Å². The summed E-state index contributed by atoms with van der Waals surface area (Å²) < 4.78 is 30.5. The normalized spacial score (nSPS) is 23.4. The number of ether oxygens (including phenoxy) is 3. The first-order valence-electron chi connectivity index (χ1n) is 7.82. The molecule has 1 aromatic heterocycles. The first-order valence-corrected chi connectivity index (χ1v) is 7.82. The van der Waals surface area contributed by atoms with Crippen LogP contribution < -0.4 is 24.8 Å². The van der Waals surface area contributed by atoms with Crippen LogP contribution in [0.25, 0.3) is 0 Å². The molecule has 0 bridgehead atoms. The summed E-state index contributed by atoms with van der Waals surface area (Å²) in [5.74, 6) is 0.0348. The fourth-order valence-electron chi connectivity index (χ4n) is 2.25. The molecule has 2 N–H and O–H groups in total. The van der Waals surface area contributed by atoms with Crippen molar-refractivity contribution in [3.63, 3.8) is 0 Å². The second kappa shape index (κ2) is 7.11. The lowest BCUT2D eigenvalue weighted by atomic mass is 10.1. The van der Waals surface area contributed by atoms with Crippen LogP contribution in [-0.4, -0.2) is 50.0 Å². The maximum Gasteiger partial charge on any atom is 0.260 e. The third kappa shape index (κ3) is 3.59. The van der Waals surface area contributed by atoms with Crippen LogP contribution in [-0.2, 0) is 0 Å². The van der Waals surface area contributed by atoms with Gasteiger partial charge in [0, 0.05) is 18.2 Å². The standard InChI is InChI=1S/C15H22FN3O3/c1-2-20-12-7-13(21-8-10-3-5-17-10)15(19-14(12)16)22-9-11-4-6-18-11/h7,10-11,17-18H,2-6,8-9H2,1H3/t10-,11-/m1/s1. The minimum absolute atomic E-state index is 0.0909. The molecular formula is C15H22FN3O3. The Hall–Kier alpha value is -1.60. The fourth-order valence-corrected chi connectivity index (χ4v) is 2.25. The van der Waals surface area contributed by atoms with E-state index >= 15 is 0 Å². The van der Waals surface area contributed by atoms with E-state index in [2.05, 4.69) is 15.6 Å². The van der Waals surface area contributed by atoms with E-state index in [1.54, 1.807) is 6.92 Å². The first kappa shape index (κ1) is 15.3. The van der Waals surface area contributed by atoms with E-state index < -0.39 is 5.95 Å². The van der Waals surface area contributed by atoms with E-state index in [0.717, 1.165) is 25.9 Å². The van der Waals surface area contributed by atoms with Crippen LogP contribution in [0.5, 0.6) is 17.4 Å². The zero-order valence-electron chi connectivity index (χ0n) is 12.7. The van der Waals surface area contributed by atoms with Gasteiger partial charge in [-0.05, 0) is 32.9 Å². The average Bonchev–Trinajstić information content (AvgIpc) is 2.39. The largest absolute Gasteiger partial charge is 0.489 e. The first-order chi connectivity index (χ1) is 10.8. The number of halogens is 1. The number of pyridine rings is 1. The molecule has 6 nitrogen and oxygen atoms in total. The van der Waals surface area contributed by atoms with E-state index in [9.17, 15) is 4.39 Å². The van der Waals surface area contributed by atoms with Crippen molar-refractivity contribution >= 4 is 0 Å². The SMILES string of the molecule is CCOc1cc(OC[C@H]2CCN2)c(OC[C@H]2CCN2)nc1F. The number of hydrogen-bond donors (Lipinski definition) is 2. The monoisotopic (exact) mass is 311 g/mol. The predicted octanol–water partition coefficient (Wildman–Crippen LogP) is 1.10. The molecule has 3 rings (SSSR count). The van der Waals surface area contributed by atoms with Crippen LogP contribution in [0.2, 0.25) is 0 Å². The van der Waals surface area contributed by atoms with Gasteiger partial charge >= 0.3 is 0 Å². The molecule has 2 atom stereocenters. The summed E-state index contributed by atoms with van der Waals surface area (Å²) >= 11 is 0. The van der Waals surface area contributed by atoms with E-state index in [-0.39, 0.29) is 11.6 Å². The van der Waals surface area contributed by atoms with E-state index in [1.165, 1.54) is 6.07 Å². The van der Waals surface area contributed by atoms with Gasteiger partial charge in [0.25, 0.3) is 11.8 Å². The van der Waals surface area contributed by atoms with E-state index in [0.29, 0.717) is 37.7 Å². The Labute approximate surface area is 129 Å². The lowest BCUT2D eigenvalue weighted by Gasteiger charge is -2.29. The highest BCUT2D eigenvalue weighted by molar-refractivity contribution is 5.40. The molecule has 2 aliphatic rings. The minimum Gasteiger partial charge on any atom is -0.489 e. The lowest BCUT2D eigenvalue weighted by molar-refractivity contribution is 0.179. The number of nitrogens with zero attached hydrogens (tertiary/aromatic N) is 1. The third-order valence-electron chi connectivity index (χ3n) is 3.89.